The molecule has 0 unspecified atom stereocenters. The molecule has 4 nitrogen and oxygen atoms in total. The summed E-state index contributed by atoms with van der Waals surface area (Å²) in [7, 11) is 0. The Balaban J connectivity index is 1.52. The van der Waals surface area contributed by atoms with E-state index in [1.807, 2.05) is 42.1 Å². The third kappa shape index (κ3) is 6.51. The van der Waals surface area contributed by atoms with Gasteiger partial charge in [0.1, 0.15) is 5.75 Å². The standard InChI is InChI=1S/C24H31NO3S/c1-23(2,3)19-9-11-20(12-10-19)28-17-22(26)25-18-24(13-15-27-16-14-24)29-21-7-5-4-6-8-21/h4-12H,13-18H2,1-3H3,(H,25,26). The minimum absolute atomic E-state index is 0.0252. The van der Waals surface area contributed by atoms with Crippen molar-refractivity contribution < 1.29 is 14.3 Å². The molecular formula is C24H31NO3S. The largest absolute Gasteiger partial charge is 0.484 e. The summed E-state index contributed by atoms with van der Waals surface area (Å²) >= 11 is 1.84. The number of carbonyl (C=O) groups excluding carboxylic acids is 1. The first-order valence-electron chi connectivity index (χ1n) is 10.2. The molecule has 1 amide bonds. The second kappa shape index (κ2) is 9.68. The molecule has 29 heavy (non-hydrogen) atoms. The summed E-state index contributed by atoms with van der Waals surface area (Å²) in [5.41, 5.74) is 1.35. The molecule has 156 valence electrons. The monoisotopic (exact) mass is 413 g/mol. The van der Waals surface area contributed by atoms with Crippen molar-refractivity contribution in [1.82, 2.24) is 5.32 Å². The number of amides is 1. The Hall–Kier alpha value is -1.98. The molecule has 0 aromatic heterocycles. The van der Waals surface area contributed by atoms with E-state index in [0.29, 0.717) is 12.3 Å². The zero-order valence-corrected chi connectivity index (χ0v) is 18.4. The normalized spacial score (nSPS) is 16.2. The van der Waals surface area contributed by atoms with Gasteiger partial charge in [0.25, 0.3) is 5.91 Å². The fourth-order valence-electron chi connectivity index (χ4n) is 3.31. The van der Waals surface area contributed by atoms with Crippen molar-refractivity contribution in [2.75, 3.05) is 26.4 Å². The van der Waals surface area contributed by atoms with Gasteiger partial charge in [-0.1, -0.05) is 51.1 Å². The van der Waals surface area contributed by atoms with Crippen LogP contribution in [0.3, 0.4) is 0 Å². The molecule has 0 spiro atoms. The zero-order chi connectivity index (χ0) is 20.7. The van der Waals surface area contributed by atoms with E-state index in [9.17, 15) is 4.79 Å². The Morgan fingerprint density at radius 1 is 1.07 bits per heavy atom. The van der Waals surface area contributed by atoms with E-state index >= 15 is 0 Å². The topological polar surface area (TPSA) is 47.6 Å². The number of thioether (sulfide) groups is 1. The van der Waals surface area contributed by atoms with Gasteiger partial charge in [-0.15, -0.1) is 11.8 Å². The summed E-state index contributed by atoms with van der Waals surface area (Å²) in [5, 5.41) is 3.08. The van der Waals surface area contributed by atoms with Crippen LogP contribution in [0.15, 0.2) is 59.5 Å². The molecule has 2 aromatic rings. The van der Waals surface area contributed by atoms with Crippen molar-refractivity contribution in [2.24, 2.45) is 0 Å². The summed E-state index contributed by atoms with van der Waals surface area (Å²) in [6.45, 7) is 8.62. The van der Waals surface area contributed by atoms with Gasteiger partial charge < -0.3 is 14.8 Å². The highest BCUT2D eigenvalue weighted by Gasteiger charge is 2.34. The van der Waals surface area contributed by atoms with E-state index in [1.54, 1.807) is 0 Å². The molecular weight excluding hydrogens is 382 g/mol. The first-order valence-corrected chi connectivity index (χ1v) is 11.0. The summed E-state index contributed by atoms with van der Waals surface area (Å²) < 4.78 is 11.2. The first-order chi connectivity index (χ1) is 13.9. The second-order valence-corrected chi connectivity index (χ2v) is 10.1. The number of nitrogens with one attached hydrogen (secondary N) is 1. The van der Waals surface area contributed by atoms with E-state index in [-0.39, 0.29) is 22.7 Å². The van der Waals surface area contributed by atoms with E-state index in [0.717, 1.165) is 26.1 Å². The third-order valence-electron chi connectivity index (χ3n) is 5.18. The van der Waals surface area contributed by atoms with Crippen molar-refractivity contribution in [3.63, 3.8) is 0 Å². The van der Waals surface area contributed by atoms with Crippen LogP contribution in [0, 0.1) is 0 Å². The summed E-state index contributed by atoms with van der Waals surface area (Å²) in [5.74, 6) is 0.622. The second-order valence-electron chi connectivity index (χ2n) is 8.55. The average Bonchev–Trinajstić information content (AvgIpc) is 2.72. The van der Waals surface area contributed by atoms with Crippen LogP contribution >= 0.6 is 11.8 Å². The average molecular weight is 414 g/mol. The van der Waals surface area contributed by atoms with E-state index in [2.05, 4.69) is 50.4 Å². The van der Waals surface area contributed by atoms with Crippen LogP contribution in [-0.4, -0.2) is 37.0 Å². The van der Waals surface area contributed by atoms with Crippen LogP contribution < -0.4 is 10.1 Å². The molecule has 1 N–H and O–H groups in total. The highest BCUT2D eigenvalue weighted by molar-refractivity contribution is 8.00. The minimum Gasteiger partial charge on any atom is -0.484 e. The maximum Gasteiger partial charge on any atom is 0.257 e. The van der Waals surface area contributed by atoms with Gasteiger partial charge in [-0.05, 0) is 48.1 Å². The van der Waals surface area contributed by atoms with Crippen LogP contribution in [-0.2, 0) is 14.9 Å². The molecule has 1 aliphatic rings. The number of ether oxygens (including phenoxy) is 2. The number of hydrogen-bond acceptors (Lipinski definition) is 4. The predicted molar refractivity (Wildman–Crippen MR) is 119 cm³/mol. The van der Waals surface area contributed by atoms with E-state index in [4.69, 9.17) is 9.47 Å². The van der Waals surface area contributed by atoms with E-state index < -0.39 is 0 Å². The van der Waals surface area contributed by atoms with Crippen LogP contribution in [0.5, 0.6) is 5.75 Å². The lowest BCUT2D eigenvalue weighted by atomic mass is 9.87. The Bertz CT molecular complexity index is 778. The van der Waals surface area contributed by atoms with Crippen LogP contribution in [0.2, 0.25) is 0 Å². The molecule has 1 aliphatic heterocycles. The van der Waals surface area contributed by atoms with Crippen LogP contribution in [0.25, 0.3) is 0 Å². The molecule has 1 saturated heterocycles. The smallest absolute Gasteiger partial charge is 0.257 e. The molecule has 0 saturated carbocycles. The SMILES string of the molecule is CC(C)(C)c1ccc(OCC(=O)NCC2(Sc3ccccc3)CCOCC2)cc1. The highest BCUT2D eigenvalue weighted by Crippen LogP contribution is 2.40. The summed E-state index contributed by atoms with van der Waals surface area (Å²) in [6.07, 6.45) is 1.84. The Morgan fingerprint density at radius 2 is 1.72 bits per heavy atom. The molecule has 2 aromatic carbocycles. The molecule has 1 fully saturated rings. The van der Waals surface area contributed by atoms with Gasteiger partial charge in [0.05, 0.1) is 0 Å². The van der Waals surface area contributed by atoms with Gasteiger partial charge in [-0.3, -0.25) is 4.79 Å². The van der Waals surface area contributed by atoms with Gasteiger partial charge in [0.2, 0.25) is 0 Å². The quantitative estimate of drug-likeness (QED) is 0.707. The zero-order valence-electron chi connectivity index (χ0n) is 17.6. The van der Waals surface area contributed by atoms with Crippen molar-refractivity contribution in [2.45, 2.75) is 48.7 Å². The molecule has 5 heteroatoms. The van der Waals surface area contributed by atoms with Crippen molar-refractivity contribution in [1.29, 1.82) is 0 Å². The van der Waals surface area contributed by atoms with Gasteiger partial charge in [-0.25, -0.2) is 0 Å². The van der Waals surface area contributed by atoms with Gasteiger partial charge >= 0.3 is 0 Å². The fourth-order valence-corrected chi connectivity index (χ4v) is 4.62. The van der Waals surface area contributed by atoms with Crippen molar-refractivity contribution in [3.8, 4) is 5.75 Å². The first kappa shape index (κ1) is 21.7. The molecule has 0 atom stereocenters. The number of hydrogen-bond donors (Lipinski definition) is 1. The fraction of sp³-hybridized carbons (Fsp3) is 0.458. The van der Waals surface area contributed by atoms with Crippen LogP contribution in [0.1, 0.15) is 39.2 Å². The number of benzene rings is 2. The Kier molecular flexibility index (Phi) is 7.25. The number of carbonyl (C=O) groups is 1. The van der Waals surface area contributed by atoms with Crippen LogP contribution in [0.4, 0.5) is 0 Å². The van der Waals surface area contributed by atoms with Gasteiger partial charge in [0.15, 0.2) is 6.61 Å². The van der Waals surface area contributed by atoms with Gasteiger partial charge in [-0.2, -0.15) is 0 Å². The number of rotatable bonds is 7. The molecule has 3 rings (SSSR count). The lowest BCUT2D eigenvalue weighted by molar-refractivity contribution is -0.123. The Labute approximate surface area is 178 Å². The minimum atomic E-state index is -0.0931. The molecule has 0 bridgehead atoms. The van der Waals surface area contributed by atoms with E-state index in [1.165, 1.54) is 10.5 Å². The van der Waals surface area contributed by atoms with Crippen molar-refractivity contribution in [3.05, 3.63) is 60.2 Å². The lowest BCUT2D eigenvalue weighted by Gasteiger charge is -2.36. The van der Waals surface area contributed by atoms with Crippen molar-refractivity contribution >= 4 is 17.7 Å². The maximum absolute atomic E-state index is 12.4. The third-order valence-corrected chi connectivity index (χ3v) is 6.67. The predicted octanol–water partition coefficient (Wildman–Crippen LogP) is 4.82. The summed E-state index contributed by atoms with van der Waals surface area (Å²) in [6, 6.07) is 18.3. The lowest BCUT2D eigenvalue weighted by Crippen LogP contribution is -2.45. The Morgan fingerprint density at radius 3 is 2.34 bits per heavy atom. The maximum atomic E-state index is 12.4. The molecule has 0 radical (unpaired) electrons. The highest BCUT2D eigenvalue weighted by atomic mass is 32.2. The molecule has 1 heterocycles. The molecule has 0 aliphatic carbocycles. The van der Waals surface area contributed by atoms with Gasteiger partial charge in [0, 0.05) is 29.4 Å². The summed E-state index contributed by atoms with van der Waals surface area (Å²) in [4.78, 5) is 13.6.